The molecular weight excluding hydrogens is 400 g/mol. The van der Waals surface area contributed by atoms with Gasteiger partial charge in [0.05, 0.1) is 33.1 Å². The molecule has 1 unspecified atom stereocenters. The maximum atomic E-state index is 5.88. The van der Waals surface area contributed by atoms with E-state index in [1.54, 1.807) is 21.3 Å². The summed E-state index contributed by atoms with van der Waals surface area (Å²) in [6.45, 7) is 4.10. The first-order valence-electron chi connectivity index (χ1n) is 10.1. The molecule has 1 fully saturated rings. The maximum Gasteiger partial charge on any atom is 0.173 e. The number of hydrogen-bond donors (Lipinski definition) is 1. The van der Waals surface area contributed by atoms with Crippen molar-refractivity contribution in [2.24, 2.45) is 0 Å². The molecule has 0 radical (unpaired) electrons. The zero-order valence-corrected chi connectivity index (χ0v) is 18.9. The number of aryl methyl sites for hydroxylation is 1. The first kappa shape index (κ1) is 22.2. The molecule has 1 aliphatic rings. The number of hydrogen-bond acceptors (Lipinski definition) is 5. The Morgan fingerprint density at radius 3 is 2.60 bits per heavy atom. The average Bonchev–Trinajstić information content (AvgIpc) is 3.26. The van der Waals surface area contributed by atoms with Crippen LogP contribution in [0.25, 0.3) is 0 Å². The van der Waals surface area contributed by atoms with E-state index >= 15 is 0 Å². The van der Waals surface area contributed by atoms with Gasteiger partial charge in [0.1, 0.15) is 5.75 Å². The van der Waals surface area contributed by atoms with E-state index in [1.807, 2.05) is 43.3 Å². The summed E-state index contributed by atoms with van der Waals surface area (Å²) in [4.78, 5) is 2.12. The lowest BCUT2D eigenvalue weighted by molar-refractivity contribution is 0.0903. The van der Waals surface area contributed by atoms with Crippen molar-refractivity contribution in [1.29, 1.82) is 0 Å². The van der Waals surface area contributed by atoms with Gasteiger partial charge in [0.25, 0.3) is 0 Å². The molecule has 1 aliphatic heterocycles. The molecule has 1 atom stereocenters. The fraction of sp³-hybridized carbons (Fsp3) is 0.435. The highest BCUT2D eigenvalue weighted by molar-refractivity contribution is 7.80. The average molecular weight is 431 g/mol. The fourth-order valence-electron chi connectivity index (χ4n) is 3.65. The summed E-state index contributed by atoms with van der Waals surface area (Å²) >= 11 is 5.81. The lowest BCUT2D eigenvalue weighted by Gasteiger charge is -2.29. The summed E-state index contributed by atoms with van der Waals surface area (Å²) in [6.07, 6.45) is 2.26. The van der Waals surface area contributed by atoms with E-state index in [0.29, 0.717) is 29.7 Å². The van der Waals surface area contributed by atoms with Gasteiger partial charge in [-0.25, -0.2) is 0 Å². The van der Waals surface area contributed by atoms with Crippen LogP contribution in [0.5, 0.6) is 17.2 Å². The Morgan fingerprint density at radius 1 is 1.13 bits per heavy atom. The minimum atomic E-state index is 0.153. The van der Waals surface area contributed by atoms with Gasteiger partial charge >= 0.3 is 0 Å². The summed E-state index contributed by atoms with van der Waals surface area (Å²) in [5.74, 6) is 2.17. The van der Waals surface area contributed by atoms with Gasteiger partial charge in [-0.05, 0) is 55.7 Å². The Hall–Kier alpha value is -2.51. The summed E-state index contributed by atoms with van der Waals surface area (Å²) in [5, 5.41) is 3.98. The minimum Gasteiger partial charge on any atom is -0.495 e. The van der Waals surface area contributed by atoms with E-state index in [9.17, 15) is 0 Å². The third-order valence-corrected chi connectivity index (χ3v) is 5.54. The zero-order chi connectivity index (χ0) is 21.5. The van der Waals surface area contributed by atoms with Crippen LogP contribution in [0.2, 0.25) is 0 Å². The molecule has 0 aromatic heterocycles. The molecule has 0 saturated carbocycles. The number of nitrogens with one attached hydrogen (secondary N) is 1. The largest absolute Gasteiger partial charge is 0.495 e. The summed E-state index contributed by atoms with van der Waals surface area (Å²) < 4.78 is 22.5. The van der Waals surface area contributed by atoms with Crippen LogP contribution in [0.1, 0.15) is 24.0 Å². The van der Waals surface area contributed by atoms with Gasteiger partial charge in [-0.15, -0.1) is 0 Å². The second-order valence-corrected chi connectivity index (χ2v) is 7.69. The van der Waals surface area contributed by atoms with E-state index in [1.165, 1.54) is 0 Å². The van der Waals surface area contributed by atoms with Crippen molar-refractivity contribution in [3.8, 4) is 17.2 Å². The third-order valence-electron chi connectivity index (χ3n) is 5.18. The van der Waals surface area contributed by atoms with Gasteiger partial charge in [-0.2, -0.15) is 0 Å². The Kier molecular flexibility index (Phi) is 7.76. The molecule has 6 nitrogen and oxygen atoms in total. The molecule has 2 aromatic rings. The van der Waals surface area contributed by atoms with Crippen molar-refractivity contribution in [3.63, 3.8) is 0 Å². The number of thiocarbonyl (C=S) groups is 1. The Morgan fingerprint density at radius 2 is 1.93 bits per heavy atom. The van der Waals surface area contributed by atoms with Crippen LogP contribution in [-0.2, 0) is 11.3 Å². The first-order valence-corrected chi connectivity index (χ1v) is 10.5. The number of benzene rings is 2. The number of para-hydroxylation sites is 1. The number of rotatable bonds is 8. The molecule has 1 saturated heterocycles. The predicted octanol–water partition coefficient (Wildman–Crippen LogP) is 4.40. The van der Waals surface area contributed by atoms with Crippen molar-refractivity contribution >= 4 is 23.0 Å². The minimum absolute atomic E-state index is 0.153. The van der Waals surface area contributed by atoms with Crippen LogP contribution in [-0.4, -0.2) is 50.6 Å². The highest BCUT2D eigenvalue weighted by atomic mass is 32.1. The molecule has 30 heavy (non-hydrogen) atoms. The number of anilines is 1. The van der Waals surface area contributed by atoms with Crippen LogP contribution in [0.15, 0.2) is 36.4 Å². The van der Waals surface area contributed by atoms with Crippen LogP contribution in [0.4, 0.5) is 5.69 Å². The molecular formula is C23H30N2O4S. The summed E-state index contributed by atoms with van der Waals surface area (Å²) in [6, 6.07) is 11.9. The second kappa shape index (κ2) is 10.5. The molecule has 1 heterocycles. The molecule has 162 valence electrons. The van der Waals surface area contributed by atoms with Gasteiger partial charge in [0, 0.05) is 25.3 Å². The topological polar surface area (TPSA) is 52.2 Å². The molecule has 0 spiro atoms. The van der Waals surface area contributed by atoms with Crippen LogP contribution in [0.3, 0.4) is 0 Å². The maximum absolute atomic E-state index is 5.88. The SMILES string of the molecule is COc1ccc(C)cc1NC(=S)N(Cc1cccc(OC)c1OC)CC1CCCO1. The number of ether oxygens (including phenoxy) is 4. The smallest absolute Gasteiger partial charge is 0.173 e. The first-order chi connectivity index (χ1) is 14.5. The fourth-order valence-corrected chi connectivity index (χ4v) is 3.90. The van der Waals surface area contributed by atoms with E-state index in [-0.39, 0.29) is 6.10 Å². The second-order valence-electron chi connectivity index (χ2n) is 7.30. The lowest BCUT2D eigenvalue weighted by atomic mass is 10.1. The predicted molar refractivity (Wildman–Crippen MR) is 123 cm³/mol. The van der Waals surface area contributed by atoms with Crippen molar-refractivity contribution in [1.82, 2.24) is 4.90 Å². The van der Waals surface area contributed by atoms with E-state index in [0.717, 1.165) is 42.0 Å². The molecule has 0 amide bonds. The highest BCUT2D eigenvalue weighted by Gasteiger charge is 2.23. The standard InChI is InChI=1S/C23H30N2O4S/c1-16-10-11-20(26-2)19(13-16)24-23(30)25(15-18-8-6-12-29-18)14-17-7-5-9-21(27-3)22(17)28-4/h5,7,9-11,13,18H,6,8,12,14-15H2,1-4H3,(H,24,30). The Bertz CT molecular complexity index is 868. The lowest BCUT2D eigenvalue weighted by Crippen LogP contribution is -2.39. The Labute approximate surface area is 184 Å². The molecule has 0 bridgehead atoms. The Balaban J connectivity index is 1.85. The van der Waals surface area contributed by atoms with Gasteiger partial charge in [-0.1, -0.05) is 18.2 Å². The van der Waals surface area contributed by atoms with Gasteiger partial charge in [0.15, 0.2) is 16.6 Å². The zero-order valence-electron chi connectivity index (χ0n) is 18.1. The van der Waals surface area contributed by atoms with Crippen LogP contribution >= 0.6 is 12.2 Å². The normalized spacial score (nSPS) is 15.5. The van der Waals surface area contributed by atoms with E-state index in [2.05, 4.69) is 10.2 Å². The molecule has 2 aromatic carbocycles. The van der Waals surface area contributed by atoms with Crippen molar-refractivity contribution in [2.75, 3.05) is 39.8 Å². The number of nitrogens with zero attached hydrogens (tertiary/aromatic N) is 1. The highest BCUT2D eigenvalue weighted by Crippen LogP contribution is 2.32. The summed E-state index contributed by atoms with van der Waals surface area (Å²) in [7, 11) is 4.95. The molecule has 7 heteroatoms. The van der Waals surface area contributed by atoms with Gasteiger partial charge in [0.2, 0.25) is 0 Å². The van der Waals surface area contributed by atoms with Crippen molar-refractivity contribution in [2.45, 2.75) is 32.4 Å². The monoisotopic (exact) mass is 430 g/mol. The third kappa shape index (κ3) is 5.34. The number of methoxy groups -OCH3 is 3. The molecule has 0 aliphatic carbocycles. The molecule has 3 rings (SSSR count). The van der Waals surface area contributed by atoms with E-state index < -0.39 is 0 Å². The quantitative estimate of drug-likeness (QED) is 0.623. The van der Waals surface area contributed by atoms with Crippen LogP contribution < -0.4 is 19.5 Å². The van der Waals surface area contributed by atoms with Crippen LogP contribution in [0, 0.1) is 6.92 Å². The van der Waals surface area contributed by atoms with Gasteiger partial charge in [-0.3, -0.25) is 0 Å². The summed E-state index contributed by atoms with van der Waals surface area (Å²) in [5.41, 5.74) is 2.97. The molecule has 1 N–H and O–H groups in total. The van der Waals surface area contributed by atoms with Crippen molar-refractivity contribution in [3.05, 3.63) is 47.5 Å². The van der Waals surface area contributed by atoms with E-state index in [4.69, 9.17) is 31.2 Å². The van der Waals surface area contributed by atoms with Crippen molar-refractivity contribution < 1.29 is 18.9 Å². The van der Waals surface area contributed by atoms with Gasteiger partial charge < -0.3 is 29.2 Å².